The number of aryl methyl sites for hydroxylation is 1. The van der Waals surface area contributed by atoms with Gasteiger partial charge in [-0.2, -0.15) is 0 Å². The lowest BCUT2D eigenvalue weighted by atomic mass is 10.2. The van der Waals surface area contributed by atoms with E-state index in [-0.39, 0.29) is 5.91 Å². The Morgan fingerprint density at radius 3 is 2.54 bits per heavy atom. The SMILES string of the molecule is Cc1csc(N2CCN(CC(=O)N(Cc3ccccc3)C3CC3)CC2)n1. The lowest BCUT2D eigenvalue weighted by Crippen LogP contribution is -2.50. The van der Waals surface area contributed by atoms with Crippen LogP contribution in [0, 0.1) is 6.92 Å². The molecule has 1 amide bonds. The van der Waals surface area contributed by atoms with Crippen LogP contribution in [-0.2, 0) is 11.3 Å². The minimum Gasteiger partial charge on any atom is -0.346 e. The average Bonchev–Trinajstić information content (AvgIpc) is 3.41. The lowest BCUT2D eigenvalue weighted by molar-refractivity contribution is -0.133. The molecule has 0 bridgehead atoms. The van der Waals surface area contributed by atoms with Gasteiger partial charge >= 0.3 is 0 Å². The number of rotatable bonds is 6. The number of aromatic nitrogens is 1. The zero-order valence-corrected chi connectivity index (χ0v) is 16.1. The standard InChI is InChI=1S/C20H26N4OS/c1-16-15-26-20(21-16)23-11-9-22(10-12-23)14-19(25)24(18-7-8-18)13-17-5-3-2-4-6-17/h2-6,15,18H,7-14H2,1H3. The van der Waals surface area contributed by atoms with Gasteiger partial charge in [0, 0.05) is 44.1 Å². The van der Waals surface area contributed by atoms with Gasteiger partial charge in [0.05, 0.1) is 12.2 Å². The molecule has 1 saturated heterocycles. The number of benzene rings is 1. The van der Waals surface area contributed by atoms with Crippen molar-refractivity contribution in [2.75, 3.05) is 37.6 Å². The molecule has 2 aliphatic rings. The number of piperazine rings is 1. The second-order valence-corrected chi connectivity index (χ2v) is 8.11. The predicted octanol–water partition coefficient (Wildman–Crippen LogP) is 2.76. The van der Waals surface area contributed by atoms with Gasteiger partial charge in [-0.25, -0.2) is 4.98 Å². The Labute approximate surface area is 159 Å². The molecule has 2 fully saturated rings. The van der Waals surface area contributed by atoms with Crippen molar-refractivity contribution in [1.29, 1.82) is 0 Å². The highest BCUT2D eigenvalue weighted by molar-refractivity contribution is 7.13. The Hall–Kier alpha value is -1.92. The molecule has 5 nitrogen and oxygen atoms in total. The molecular formula is C20H26N4OS. The maximum atomic E-state index is 12.9. The predicted molar refractivity (Wildman–Crippen MR) is 106 cm³/mol. The number of hydrogen-bond donors (Lipinski definition) is 0. The fourth-order valence-electron chi connectivity index (χ4n) is 3.45. The number of hydrogen-bond acceptors (Lipinski definition) is 5. The van der Waals surface area contributed by atoms with E-state index in [1.165, 1.54) is 5.56 Å². The molecule has 4 rings (SSSR count). The summed E-state index contributed by atoms with van der Waals surface area (Å²) < 4.78 is 0. The van der Waals surface area contributed by atoms with E-state index in [0.717, 1.165) is 56.4 Å². The summed E-state index contributed by atoms with van der Waals surface area (Å²) in [5.41, 5.74) is 2.31. The molecule has 138 valence electrons. The van der Waals surface area contributed by atoms with Crippen LogP contribution in [0.25, 0.3) is 0 Å². The number of anilines is 1. The molecule has 1 aliphatic carbocycles. The molecule has 26 heavy (non-hydrogen) atoms. The Morgan fingerprint density at radius 2 is 1.92 bits per heavy atom. The molecule has 1 saturated carbocycles. The Balaban J connectivity index is 1.31. The van der Waals surface area contributed by atoms with E-state index in [1.54, 1.807) is 11.3 Å². The Morgan fingerprint density at radius 1 is 1.19 bits per heavy atom. The van der Waals surface area contributed by atoms with E-state index in [2.05, 4.69) is 37.2 Å². The van der Waals surface area contributed by atoms with Crippen LogP contribution < -0.4 is 4.90 Å². The third-order valence-electron chi connectivity index (χ3n) is 5.11. The van der Waals surface area contributed by atoms with Gasteiger partial charge in [-0.3, -0.25) is 9.69 Å². The van der Waals surface area contributed by atoms with Gasteiger partial charge in [-0.05, 0) is 25.3 Å². The second-order valence-electron chi connectivity index (χ2n) is 7.27. The van der Waals surface area contributed by atoms with Crippen molar-refractivity contribution >= 4 is 22.4 Å². The van der Waals surface area contributed by atoms with Crippen LogP contribution in [-0.4, -0.2) is 59.5 Å². The van der Waals surface area contributed by atoms with Crippen LogP contribution in [0.4, 0.5) is 5.13 Å². The first-order valence-electron chi connectivity index (χ1n) is 9.42. The lowest BCUT2D eigenvalue weighted by Gasteiger charge is -2.35. The molecule has 6 heteroatoms. The third kappa shape index (κ3) is 4.24. The van der Waals surface area contributed by atoms with E-state index in [1.807, 2.05) is 25.1 Å². The summed E-state index contributed by atoms with van der Waals surface area (Å²) in [7, 11) is 0. The molecule has 1 aromatic carbocycles. The van der Waals surface area contributed by atoms with Gasteiger partial charge < -0.3 is 9.80 Å². The minimum absolute atomic E-state index is 0.273. The molecule has 1 aromatic heterocycles. The van der Waals surface area contributed by atoms with Crippen LogP contribution >= 0.6 is 11.3 Å². The van der Waals surface area contributed by atoms with Gasteiger partial charge in [0.2, 0.25) is 5.91 Å². The number of carbonyl (C=O) groups is 1. The topological polar surface area (TPSA) is 39.7 Å². The summed E-state index contributed by atoms with van der Waals surface area (Å²) in [5, 5.41) is 3.21. The number of amides is 1. The Bertz CT molecular complexity index is 735. The number of nitrogens with zero attached hydrogens (tertiary/aromatic N) is 4. The van der Waals surface area contributed by atoms with Crippen molar-refractivity contribution in [3.05, 3.63) is 47.0 Å². The van der Waals surface area contributed by atoms with Crippen LogP contribution in [0.15, 0.2) is 35.7 Å². The molecule has 0 spiro atoms. The first-order valence-corrected chi connectivity index (χ1v) is 10.3. The fourth-order valence-corrected chi connectivity index (χ4v) is 4.31. The van der Waals surface area contributed by atoms with Crippen LogP contribution in [0.3, 0.4) is 0 Å². The second kappa shape index (κ2) is 7.76. The summed E-state index contributed by atoms with van der Waals surface area (Å²) >= 11 is 1.71. The first-order chi connectivity index (χ1) is 12.7. The zero-order valence-electron chi connectivity index (χ0n) is 15.3. The molecule has 2 heterocycles. The van der Waals surface area contributed by atoms with Crippen molar-refractivity contribution in [3.8, 4) is 0 Å². The highest BCUT2D eigenvalue weighted by atomic mass is 32.1. The van der Waals surface area contributed by atoms with Gasteiger partial charge in [0.1, 0.15) is 0 Å². The smallest absolute Gasteiger partial charge is 0.237 e. The van der Waals surface area contributed by atoms with Crippen molar-refractivity contribution in [1.82, 2.24) is 14.8 Å². The van der Waals surface area contributed by atoms with Crippen LogP contribution in [0.2, 0.25) is 0 Å². The maximum Gasteiger partial charge on any atom is 0.237 e. The summed E-state index contributed by atoms with van der Waals surface area (Å²) in [6.07, 6.45) is 2.30. The number of thiazole rings is 1. The molecule has 0 N–H and O–H groups in total. The normalized spacial score (nSPS) is 18.1. The molecule has 0 unspecified atom stereocenters. The largest absolute Gasteiger partial charge is 0.346 e. The van der Waals surface area contributed by atoms with Crippen molar-refractivity contribution in [2.24, 2.45) is 0 Å². The van der Waals surface area contributed by atoms with E-state index < -0.39 is 0 Å². The van der Waals surface area contributed by atoms with E-state index in [9.17, 15) is 4.79 Å². The number of carbonyl (C=O) groups excluding carboxylic acids is 1. The van der Waals surface area contributed by atoms with Crippen molar-refractivity contribution < 1.29 is 4.79 Å². The Kier molecular flexibility index (Phi) is 5.22. The molecular weight excluding hydrogens is 344 g/mol. The van der Waals surface area contributed by atoms with Gasteiger partial charge in [-0.1, -0.05) is 30.3 Å². The average molecular weight is 371 g/mol. The first kappa shape index (κ1) is 17.5. The van der Waals surface area contributed by atoms with Crippen LogP contribution in [0.5, 0.6) is 0 Å². The van der Waals surface area contributed by atoms with E-state index in [4.69, 9.17) is 0 Å². The highest BCUT2D eigenvalue weighted by Crippen LogP contribution is 2.29. The summed E-state index contributed by atoms with van der Waals surface area (Å²) in [6.45, 7) is 7.05. The quantitative estimate of drug-likeness (QED) is 0.784. The maximum absolute atomic E-state index is 12.9. The zero-order chi connectivity index (χ0) is 17.9. The fraction of sp³-hybridized carbons (Fsp3) is 0.500. The molecule has 0 radical (unpaired) electrons. The molecule has 1 aliphatic heterocycles. The molecule has 2 aromatic rings. The van der Waals surface area contributed by atoms with E-state index >= 15 is 0 Å². The summed E-state index contributed by atoms with van der Waals surface area (Å²) in [6, 6.07) is 10.8. The highest BCUT2D eigenvalue weighted by Gasteiger charge is 2.33. The van der Waals surface area contributed by atoms with Crippen molar-refractivity contribution in [2.45, 2.75) is 32.4 Å². The van der Waals surface area contributed by atoms with E-state index in [0.29, 0.717) is 12.6 Å². The van der Waals surface area contributed by atoms with Gasteiger partial charge in [0.15, 0.2) is 5.13 Å². The van der Waals surface area contributed by atoms with Crippen LogP contribution in [0.1, 0.15) is 24.1 Å². The van der Waals surface area contributed by atoms with Crippen molar-refractivity contribution in [3.63, 3.8) is 0 Å². The molecule has 0 atom stereocenters. The minimum atomic E-state index is 0.273. The summed E-state index contributed by atoms with van der Waals surface area (Å²) in [4.78, 5) is 24.2. The van der Waals surface area contributed by atoms with Gasteiger partial charge in [0.25, 0.3) is 0 Å². The summed E-state index contributed by atoms with van der Waals surface area (Å²) in [5.74, 6) is 0.273. The van der Waals surface area contributed by atoms with Gasteiger partial charge in [-0.15, -0.1) is 11.3 Å². The third-order valence-corrected chi connectivity index (χ3v) is 6.13. The monoisotopic (exact) mass is 370 g/mol.